The third kappa shape index (κ3) is 7.62. The van der Waals surface area contributed by atoms with Crippen LogP contribution in [0.4, 0.5) is 0 Å². The van der Waals surface area contributed by atoms with Gasteiger partial charge in [-0.05, 0) is 103 Å². The number of hydrogen-bond acceptors (Lipinski definition) is 5. The van der Waals surface area contributed by atoms with Gasteiger partial charge in [0.15, 0.2) is 5.78 Å². The summed E-state index contributed by atoms with van der Waals surface area (Å²) < 4.78 is 17.5. The van der Waals surface area contributed by atoms with E-state index in [2.05, 4.69) is 6.58 Å². The zero-order valence-electron chi connectivity index (χ0n) is 21.3. The highest BCUT2D eigenvalue weighted by molar-refractivity contribution is 6.07. The fourth-order valence-corrected chi connectivity index (χ4v) is 3.03. The first-order chi connectivity index (χ1) is 15.9. The lowest BCUT2D eigenvalue weighted by atomic mass is 9.97. The highest BCUT2D eigenvalue weighted by Crippen LogP contribution is 2.36. The number of ether oxygens (including phenoxy) is 3. The molecule has 0 N–H and O–H groups in total. The van der Waals surface area contributed by atoms with Crippen molar-refractivity contribution >= 4 is 17.8 Å². The fourth-order valence-electron chi connectivity index (χ4n) is 3.03. The lowest BCUT2D eigenvalue weighted by Gasteiger charge is -2.20. The number of rotatable bonds is 10. The summed E-state index contributed by atoms with van der Waals surface area (Å²) >= 11 is 0. The van der Waals surface area contributed by atoms with Gasteiger partial charge in [-0.25, -0.2) is 0 Å². The first kappa shape index (κ1) is 26.9. The van der Waals surface area contributed by atoms with Crippen LogP contribution in [0.3, 0.4) is 0 Å². The minimum absolute atomic E-state index is 0.0386. The lowest BCUT2D eigenvalue weighted by molar-refractivity contribution is -0.143. The molecule has 2 rings (SSSR count). The third-order valence-corrected chi connectivity index (χ3v) is 4.68. The van der Waals surface area contributed by atoms with E-state index in [1.807, 2.05) is 45.9 Å². The van der Waals surface area contributed by atoms with Crippen LogP contribution in [0.25, 0.3) is 6.08 Å². The van der Waals surface area contributed by atoms with Crippen LogP contribution in [0.5, 0.6) is 17.2 Å². The van der Waals surface area contributed by atoms with E-state index < -0.39 is 5.41 Å². The molecule has 0 aliphatic carbocycles. The van der Waals surface area contributed by atoms with Crippen molar-refractivity contribution < 1.29 is 23.8 Å². The monoisotopic (exact) mass is 464 g/mol. The average molecular weight is 465 g/mol. The number of allylic oxidation sites excluding steroid dienone is 2. The highest BCUT2D eigenvalue weighted by Gasteiger charge is 2.23. The van der Waals surface area contributed by atoms with Gasteiger partial charge in [0.05, 0.1) is 23.2 Å². The summed E-state index contributed by atoms with van der Waals surface area (Å²) in [6, 6.07) is 10.4. The van der Waals surface area contributed by atoms with Gasteiger partial charge in [-0.1, -0.05) is 12.1 Å². The molecule has 0 fully saturated rings. The molecular formula is C29H36O5. The summed E-state index contributed by atoms with van der Waals surface area (Å²) in [4.78, 5) is 25.0. The molecule has 0 aromatic heterocycles. The number of ketones is 1. The van der Waals surface area contributed by atoms with E-state index in [-0.39, 0.29) is 24.0 Å². The summed E-state index contributed by atoms with van der Waals surface area (Å²) in [5, 5.41) is 0. The van der Waals surface area contributed by atoms with Gasteiger partial charge < -0.3 is 14.2 Å². The number of carbonyl (C=O) groups is 2. The molecule has 0 saturated heterocycles. The van der Waals surface area contributed by atoms with Gasteiger partial charge in [-0.2, -0.15) is 0 Å². The van der Waals surface area contributed by atoms with Gasteiger partial charge in [-0.15, -0.1) is 6.58 Å². The van der Waals surface area contributed by atoms with Crippen LogP contribution in [0.2, 0.25) is 0 Å². The summed E-state index contributed by atoms with van der Waals surface area (Å²) in [6.07, 6.45) is 5.60. The Morgan fingerprint density at radius 3 is 2.09 bits per heavy atom. The van der Waals surface area contributed by atoms with Crippen molar-refractivity contribution in [3.63, 3.8) is 0 Å². The quantitative estimate of drug-likeness (QED) is 0.127. The molecule has 34 heavy (non-hydrogen) atoms. The normalized spacial score (nSPS) is 11.7. The standard InChI is InChI=1S/C29H36O5/c1-9-10-22-13-18-26(32-19(2)3)24(27(22)33-20(4)5)16-17-25(30)21-11-14-23(15-12-21)34-28(31)29(6,7)8/h9,11-20H,1,10H2,2-8H3. The second kappa shape index (κ2) is 11.7. The molecule has 5 heteroatoms. The number of hydrogen-bond donors (Lipinski definition) is 0. The van der Waals surface area contributed by atoms with Crippen LogP contribution in [0.15, 0.2) is 55.1 Å². The maximum Gasteiger partial charge on any atom is 0.316 e. The molecule has 0 atom stereocenters. The Bertz CT molecular complexity index is 1040. The molecular weight excluding hydrogens is 428 g/mol. The number of esters is 1. The SMILES string of the molecule is C=CCc1ccc(OC(C)C)c(C=CC(=O)c2ccc(OC(=O)C(C)(C)C)cc2)c1OC(C)C. The van der Waals surface area contributed by atoms with E-state index in [4.69, 9.17) is 14.2 Å². The maximum atomic E-state index is 12.9. The third-order valence-electron chi connectivity index (χ3n) is 4.68. The molecule has 0 spiro atoms. The van der Waals surface area contributed by atoms with Crippen molar-refractivity contribution in [3.8, 4) is 17.2 Å². The molecule has 0 amide bonds. The molecule has 0 aliphatic heterocycles. The smallest absolute Gasteiger partial charge is 0.316 e. The largest absolute Gasteiger partial charge is 0.490 e. The molecule has 0 bridgehead atoms. The molecule has 182 valence electrons. The minimum atomic E-state index is -0.608. The van der Waals surface area contributed by atoms with E-state index in [0.29, 0.717) is 34.8 Å². The van der Waals surface area contributed by atoms with Gasteiger partial charge in [0.25, 0.3) is 0 Å². The molecule has 2 aromatic rings. The topological polar surface area (TPSA) is 61.8 Å². The van der Waals surface area contributed by atoms with Gasteiger partial charge >= 0.3 is 5.97 Å². The predicted octanol–water partition coefficient (Wildman–Crippen LogP) is 6.84. The molecule has 0 radical (unpaired) electrons. The summed E-state index contributed by atoms with van der Waals surface area (Å²) in [5.41, 5.74) is 1.55. The molecule has 0 unspecified atom stereocenters. The van der Waals surface area contributed by atoms with Crippen LogP contribution in [-0.4, -0.2) is 24.0 Å². The van der Waals surface area contributed by atoms with E-state index in [9.17, 15) is 9.59 Å². The predicted molar refractivity (Wildman–Crippen MR) is 137 cm³/mol. The van der Waals surface area contributed by atoms with Crippen molar-refractivity contribution in [2.75, 3.05) is 0 Å². The van der Waals surface area contributed by atoms with Crippen molar-refractivity contribution in [1.29, 1.82) is 0 Å². The van der Waals surface area contributed by atoms with E-state index in [0.717, 1.165) is 5.56 Å². The second-order valence-electron chi connectivity index (χ2n) is 9.65. The zero-order chi connectivity index (χ0) is 25.5. The molecule has 2 aromatic carbocycles. The van der Waals surface area contributed by atoms with Crippen LogP contribution < -0.4 is 14.2 Å². The van der Waals surface area contributed by atoms with Gasteiger partial charge in [0.2, 0.25) is 0 Å². The summed E-state index contributed by atoms with van der Waals surface area (Å²) in [7, 11) is 0. The van der Waals surface area contributed by atoms with Crippen LogP contribution in [-0.2, 0) is 11.2 Å². The Morgan fingerprint density at radius 1 is 0.941 bits per heavy atom. The Hall–Kier alpha value is -3.34. The molecule has 0 saturated carbocycles. The van der Waals surface area contributed by atoms with E-state index in [1.165, 1.54) is 6.08 Å². The summed E-state index contributed by atoms with van der Waals surface area (Å²) in [6.45, 7) is 17.0. The molecule has 0 heterocycles. The first-order valence-corrected chi connectivity index (χ1v) is 11.6. The summed E-state index contributed by atoms with van der Waals surface area (Å²) in [5.74, 6) is 1.21. The Labute approximate surface area is 203 Å². The first-order valence-electron chi connectivity index (χ1n) is 11.6. The van der Waals surface area contributed by atoms with Gasteiger partial charge in [-0.3, -0.25) is 9.59 Å². The molecule has 5 nitrogen and oxygen atoms in total. The fraction of sp³-hybridized carbons (Fsp3) is 0.379. The Morgan fingerprint density at radius 2 is 1.56 bits per heavy atom. The second-order valence-corrected chi connectivity index (χ2v) is 9.65. The van der Waals surface area contributed by atoms with Gasteiger partial charge in [0, 0.05) is 5.56 Å². The average Bonchev–Trinajstić information content (AvgIpc) is 2.74. The number of carbonyl (C=O) groups excluding carboxylic acids is 2. The van der Waals surface area contributed by atoms with E-state index in [1.54, 1.807) is 51.1 Å². The minimum Gasteiger partial charge on any atom is -0.490 e. The lowest BCUT2D eigenvalue weighted by Crippen LogP contribution is -2.25. The Kier molecular flexibility index (Phi) is 9.25. The Balaban J connectivity index is 2.36. The van der Waals surface area contributed by atoms with Crippen molar-refractivity contribution in [2.45, 2.75) is 67.1 Å². The zero-order valence-corrected chi connectivity index (χ0v) is 21.3. The molecule has 0 aliphatic rings. The van der Waals surface area contributed by atoms with Crippen LogP contribution in [0, 0.1) is 5.41 Å². The van der Waals surface area contributed by atoms with Crippen molar-refractivity contribution in [1.82, 2.24) is 0 Å². The van der Waals surface area contributed by atoms with Crippen molar-refractivity contribution in [2.24, 2.45) is 5.41 Å². The number of benzene rings is 2. The van der Waals surface area contributed by atoms with Crippen LogP contribution in [0.1, 0.15) is 70.0 Å². The van der Waals surface area contributed by atoms with Crippen LogP contribution >= 0.6 is 0 Å². The maximum absolute atomic E-state index is 12.9. The van der Waals surface area contributed by atoms with E-state index >= 15 is 0 Å². The van der Waals surface area contributed by atoms with Crippen molar-refractivity contribution in [3.05, 3.63) is 71.8 Å². The van der Waals surface area contributed by atoms with Gasteiger partial charge in [0.1, 0.15) is 17.2 Å². The highest BCUT2D eigenvalue weighted by atomic mass is 16.5.